The van der Waals surface area contributed by atoms with E-state index in [2.05, 4.69) is 190 Å². The van der Waals surface area contributed by atoms with Crippen LogP contribution in [-0.2, 0) is 10.8 Å². The van der Waals surface area contributed by atoms with Crippen molar-refractivity contribution in [1.29, 1.82) is 0 Å². The number of aromatic nitrogens is 2. The van der Waals surface area contributed by atoms with E-state index in [-0.39, 0.29) is 17.7 Å². The summed E-state index contributed by atoms with van der Waals surface area (Å²) >= 11 is 0. The fourth-order valence-corrected chi connectivity index (χ4v) is 11.0. The predicted octanol–water partition coefficient (Wildman–Crippen LogP) is 13.0. The van der Waals surface area contributed by atoms with E-state index in [1.807, 2.05) is 0 Å². The standard InChI is InChI=1S/C54H41BN2/c1-53(2,3)34-21-22-45-38(27-34)41-28-35(54(4,5)6)29-43-46-36-19-13-14-20-37(36)47-42-25-32(30-15-9-7-10-16-30)23-39-40-24-33(31-17-11-8-12-18-31)26-44-51(40)56(49(39)42)52(47)48(46)55(44)57(45)50(41)43/h7-29H,1-6H3. The number of benzene rings is 8. The van der Waals surface area contributed by atoms with Gasteiger partial charge < -0.3 is 8.88 Å². The van der Waals surface area contributed by atoms with Gasteiger partial charge in [-0.1, -0.05) is 139 Å². The molecule has 8 aromatic carbocycles. The highest BCUT2D eigenvalue weighted by Gasteiger charge is 2.43. The maximum absolute atomic E-state index is 2.76. The minimum atomic E-state index is -0.0264. The van der Waals surface area contributed by atoms with Crippen molar-refractivity contribution in [2.75, 3.05) is 0 Å². The van der Waals surface area contributed by atoms with Crippen LogP contribution in [0.15, 0.2) is 140 Å². The Kier molecular flexibility index (Phi) is 5.78. The number of hydrogen-bond acceptors (Lipinski definition) is 0. The highest BCUT2D eigenvalue weighted by atomic mass is 15.0. The zero-order valence-electron chi connectivity index (χ0n) is 33.3. The summed E-state index contributed by atoms with van der Waals surface area (Å²) < 4.78 is 5.45. The summed E-state index contributed by atoms with van der Waals surface area (Å²) in [5, 5.41) is 10.8. The molecule has 2 aliphatic heterocycles. The van der Waals surface area contributed by atoms with Crippen molar-refractivity contribution in [2.24, 2.45) is 0 Å². The molecule has 57 heavy (non-hydrogen) atoms. The van der Waals surface area contributed by atoms with Crippen molar-refractivity contribution in [3.8, 4) is 33.4 Å². The van der Waals surface area contributed by atoms with E-state index in [0.29, 0.717) is 0 Å². The van der Waals surface area contributed by atoms with Gasteiger partial charge in [-0.2, -0.15) is 0 Å². The van der Waals surface area contributed by atoms with Gasteiger partial charge in [0.25, 0.3) is 0 Å². The third-order valence-corrected chi connectivity index (χ3v) is 13.6. The van der Waals surface area contributed by atoms with Crippen molar-refractivity contribution in [3.05, 3.63) is 151 Å². The van der Waals surface area contributed by atoms with Gasteiger partial charge in [-0.15, -0.1) is 0 Å². The quantitative estimate of drug-likeness (QED) is 0.157. The second kappa shape index (κ2) is 10.3. The summed E-state index contributed by atoms with van der Waals surface area (Å²) in [6.07, 6.45) is 0. The highest BCUT2D eigenvalue weighted by Crippen LogP contribution is 2.51. The lowest BCUT2D eigenvalue weighted by atomic mass is 9.45. The fourth-order valence-electron chi connectivity index (χ4n) is 11.0. The predicted molar refractivity (Wildman–Crippen MR) is 246 cm³/mol. The number of fused-ring (bicyclic) bond motifs is 11. The van der Waals surface area contributed by atoms with E-state index >= 15 is 0 Å². The van der Waals surface area contributed by atoms with Gasteiger partial charge in [-0.3, -0.25) is 0 Å². The van der Waals surface area contributed by atoms with Gasteiger partial charge in [0.05, 0.1) is 16.6 Å². The molecule has 270 valence electrons. The first-order valence-electron chi connectivity index (χ1n) is 20.6. The van der Waals surface area contributed by atoms with Gasteiger partial charge >= 0.3 is 6.85 Å². The van der Waals surface area contributed by atoms with E-state index in [4.69, 9.17) is 0 Å². The molecule has 2 aliphatic rings. The molecular formula is C54H41BN2. The van der Waals surface area contributed by atoms with E-state index in [1.165, 1.54) is 126 Å². The first kappa shape index (κ1) is 31.8. The molecule has 0 fully saturated rings. The number of nitrogens with zero attached hydrogens (tertiary/aromatic N) is 2. The molecular weight excluding hydrogens is 687 g/mol. The van der Waals surface area contributed by atoms with Crippen LogP contribution < -0.4 is 10.9 Å². The van der Waals surface area contributed by atoms with Crippen molar-refractivity contribution in [1.82, 2.24) is 8.88 Å². The summed E-state index contributed by atoms with van der Waals surface area (Å²) in [5.41, 5.74) is 20.1. The lowest BCUT2D eigenvalue weighted by molar-refractivity contribution is 0.590. The van der Waals surface area contributed by atoms with Crippen LogP contribution >= 0.6 is 0 Å². The summed E-state index contributed by atoms with van der Waals surface area (Å²) in [6, 6.07) is 53.7. The van der Waals surface area contributed by atoms with Crippen LogP contribution in [0.4, 0.5) is 0 Å². The van der Waals surface area contributed by atoms with Crippen molar-refractivity contribution in [3.63, 3.8) is 0 Å². The van der Waals surface area contributed by atoms with E-state index in [1.54, 1.807) is 0 Å². The molecule has 0 spiro atoms. The summed E-state index contributed by atoms with van der Waals surface area (Å²) in [5.74, 6) is 0. The molecule has 0 saturated carbocycles. The normalized spacial score (nSPS) is 13.8. The molecule has 0 amide bonds. The largest absolute Gasteiger partial charge is 0.375 e. The SMILES string of the molecule is CC(C)(C)c1ccc2c(c1)c1cc(C(C)(C)C)cc3c1n2B1c2cc(-c4ccccc4)cc4c5cc(-c6ccccc6)cc6c7c8ccccc8c-3c1c7n(c24)c56. The third kappa shape index (κ3) is 3.92. The Morgan fingerprint density at radius 1 is 0.421 bits per heavy atom. The molecule has 0 aliphatic carbocycles. The smallest absolute Gasteiger partial charge is 0.333 e. The molecule has 3 heteroatoms. The Balaban J connectivity index is 1.31. The molecule has 11 aromatic rings. The van der Waals surface area contributed by atoms with Crippen LogP contribution in [0.2, 0.25) is 0 Å². The van der Waals surface area contributed by atoms with E-state index in [0.717, 1.165) is 0 Å². The van der Waals surface area contributed by atoms with Crippen molar-refractivity contribution < 1.29 is 0 Å². The zero-order chi connectivity index (χ0) is 38.3. The highest BCUT2D eigenvalue weighted by molar-refractivity contribution is 6.91. The number of rotatable bonds is 2. The Bertz CT molecular complexity index is 3570. The monoisotopic (exact) mass is 728 g/mol. The molecule has 0 saturated heterocycles. The van der Waals surface area contributed by atoms with Gasteiger partial charge in [0.2, 0.25) is 0 Å². The molecule has 0 bridgehead atoms. The lowest BCUT2D eigenvalue weighted by Gasteiger charge is -2.33. The van der Waals surface area contributed by atoms with Gasteiger partial charge in [0, 0.05) is 48.9 Å². The zero-order valence-corrected chi connectivity index (χ0v) is 33.3. The maximum atomic E-state index is 2.76. The van der Waals surface area contributed by atoms with Gasteiger partial charge in [0.15, 0.2) is 0 Å². The van der Waals surface area contributed by atoms with E-state index < -0.39 is 0 Å². The Morgan fingerprint density at radius 3 is 1.68 bits per heavy atom. The van der Waals surface area contributed by atoms with E-state index in [9.17, 15) is 0 Å². The number of hydrogen-bond donors (Lipinski definition) is 0. The first-order chi connectivity index (χ1) is 27.6. The van der Waals surface area contributed by atoms with Crippen LogP contribution in [0.5, 0.6) is 0 Å². The molecule has 13 rings (SSSR count). The maximum Gasteiger partial charge on any atom is 0.333 e. The summed E-state index contributed by atoms with van der Waals surface area (Å²) in [4.78, 5) is 0. The molecule has 0 radical (unpaired) electrons. The van der Waals surface area contributed by atoms with Gasteiger partial charge in [0.1, 0.15) is 0 Å². The topological polar surface area (TPSA) is 9.34 Å². The average Bonchev–Trinajstić information content (AvgIpc) is 3.86. The van der Waals surface area contributed by atoms with Crippen LogP contribution in [0.1, 0.15) is 52.7 Å². The Hall–Kier alpha value is -6.32. The molecule has 3 aromatic heterocycles. The fraction of sp³-hybridized carbons (Fsp3) is 0.148. The Morgan fingerprint density at radius 2 is 1.00 bits per heavy atom. The minimum absolute atomic E-state index is 0.00237. The van der Waals surface area contributed by atoms with Crippen LogP contribution in [0.25, 0.3) is 104 Å². The van der Waals surface area contributed by atoms with Crippen LogP contribution in [0, 0.1) is 0 Å². The van der Waals surface area contributed by atoms with Crippen molar-refractivity contribution >= 4 is 88.4 Å². The second-order valence-electron chi connectivity index (χ2n) is 18.9. The lowest BCUT2D eigenvalue weighted by Crippen LogP contribution is -2.54. The minimum Gasteiger partial charge on any atom is -0.375 e. The summed E-state index contributed by atoms with van der Waals surface area (Å²) in [7, 11) is 0. The van der Waals surface area contributed by atoms with Crippen molar-refractivity contribution in [2.45, 2.75) is 52.4 Å². The summed E-state index contributed by atoms with van der Waals surface area (Å²) in [6.45, 7) is 14.1. The second-order valence-corrected chi connectivity index (χ2v) is 18.9. The van der Waals surface area contributed by atoms with Crippen LogP contribution in [-0.4, -0.2) is 15.7 Å². The molecule has 0 atom stereocenters. The molecule has 0 N–H and O–H groups in total. The Labute approximate surface area is 332 Å². The van der Waals surface area contributed by atoms with Gasteiger partial charge in [-0.05, 0) is 114 Å². The van der Waals surface area contributed by atoms with Crippen LogP contribution in [0.3, 0.4) is 0 Å². The third-order valence-electron chi connectivity index (χ3n) is 13.6. The molecule has 2 nitrogen and oxygen atoms in total. The molecule has 5 heterocycles. The average molecular weight is 729 g/mol. The first-order valence-corrected chi connectivity index (χ1v) is 20.6. The van der Waals surface area contributed by atoms with Gasteiger partial charge in [-0.25, -0.2) is 0 Å². The molecule has 0 unspecified atom stereocenters.